The summed E-state index contributed by atoms with van der Waals surface area (Å²) in [6.45, 7) is 1.53. The smallest absolute Gasteiger partial charge is 0.333 e. The molecular weight excluding hydrogens is 164 g/mol. The van der Waals surface area contributed by atoms with E-state index in [1.165, 1.54) is 6.92 Å². The molecule has 1 saturated heterocycles. The third kappa shape index (κ3) is 1.08. The molecule has 0 aromatic heterocycles. The first-order valence-electron chi connectivity index (χ1n) is 3.40. The summed E-state index contributed by atoms with van der Waals surface area (Å²) in [7, 11) is 0. The molecule has 0 saturated carbocycles. The molecule has 5 nitrogen and oxygen atoms in total. The van der Waals surface area contributed by atoms with Gasteiger partial charge in [0.05, 0.1) is 0 Å². The monoisotopic (exact) mass is 170 g/mol. The van der Waals surface area contributed by atoms with Gasteiger partial charge < -0.3 is 9.47 Å². The SMILES string of the molecule is CC12OC(=O)/C=C/C(=O)OC1O2. The number of epoxide rings is 1. The van der Waals surface area contributed by atoms with Crippen molar-refractivity contribution in [2.75, 3.05) is 0 Å². The average molecular weight is 170 g/mol. The number of esters is 2. The van der Waals surface area contributed by atoms with E-state index < -0.39 is 24.0 Å². The molecule has 0 spiro atoms. The summed E-state index contributed by atoms with van der Waals surface area (Å²) in [6.07, 6.45) is 1.26. The van der Waals surface area contributed by atoms with Gasteiger partial charge >= 0.3 is 11.9 Å². The number of rotatable bonds is 0. The lowest BCUT2D eigenvalue weighted by atomic mass is 10.4. The van der Waals surface area contributed by atoms with Gasteiger partial charge in [0.2, 0.25) is 0 Å². The van der Waals surface area contributed by atoms with Crippen LogP contribution in [0.4, 0.5) is 0 Å². The number of carbonyl (C=O) groups is 2. The molecule has 0 aromatic carbocycles. The van der Waals surface area contributed by atoms with Gasteiger partial charge in [-0.05, 0) is 0 Å². The molecular formula is C7H6O5. The molecule has 2 atom stereocenters. The molecule has 2 unspecified atom stereocenters. The maximum Gasteiger partial charge on any atom is 0.333 e. The minimum absolute atomic E-state index is 0.597. The van der Waals surface area contributed by atoms with E-state index in [0.29, 0.717) is 0 Å². The molecule has 0 bridgehead atoms. The maximum atomic E-state index is 10.8. The van der Waals surface area contributed by atoms with Crippen molar-refractivity contribution in [1.82, 2.24) is 0 Å². The van der Waals surface area contributed by atoms with E-state index in [4.69, 9.17) is 14.2 Å². The Balaban J connectivity index is 2.20. The van der Waals surface area contributed by atoms with E-state index in [1.54, 1.807) is 0 Å². The molecule has 0 aromatic rings. The van der Waals surface area contributed by atoms with E-state index >= 15 is 0 Å². The zero-order valence-corrected chi connectivity index (χ0v) is 6.27. The van der Waals surface area contributed by atoms with Crippen molar-refractivity contribution in [3.05, 3.63) is 12.2 Å². The van der Waals surface area contributed by atoms with E-state index in [1.807, 2.05) is 0 Å². The highest BCUT2D eigenvalue weighted by molar-refractivity contribution is 5.92. The van der Waals surface area contributed by atoms with Crippen LogP contribution >= 0.6 is 0 Å². The highest BCUT2D eigenvalue weighted by Gasteiger charge is 2.60. The molecule has 2 rings (SSSR count). The van der Waals surface area contributed by atoms with E-state index in [2.05, 4.69) is 0 Å². The van der Waals surface area contributed by atoms with Gasteiger partial charge in [-0.25, -0.2) is 9.59 Å². The lowest BCUT2D eigenvalue weighted by Gasteiger charge is -2.07. The molecule has 0 aliphatic carbocycles. The molecule has 0 amide bonds. The summed E-state index contributed by atoms with van der Waals surface area (Å²) in [5.74, 6) is -2.27. The summed E-state index contributed by atoms with van der Waals surface area (Å²) in [5, 5.41) is 0. The van der Waals surface area contributed by atoms with Crippen LogP contribution in [-0.4, -0.2) is 24.0 Å². The Morgan fingerprint density at radius 2 is 2.00 bits per heavy atom. The van der Waals surface area contributed by atoms with Gasteiger partial charge in [-0.1, -0.05) is 0 Å². The molecule has 2 aliphatic rings. The number of ether oxygens (including phenoxy) is 3. The largest absolute Gasteiger partial charge is 0.425 e. The first kappa shape index (κ1) is 7.30. The summed E-state index contributed by atoms with van der Waals surface area (Å²) in [6, 6.07) is 0. The van der Waals surface area contributed by atoms with Crippen molar-refractivity contribution in [2.45, 2.75) is 19.0 Å². The van der Waals surface area contributed by atoms with Crippen LogP contribution in [0.15, 0.2) is 12.2 Å². The van der Waals surface area contributed by atoms with E-state index in [0.717, 1.165) is 12.2 Å². The summed E-state index contributed by atoms with van der Waals surface area (Å²) in [4.78, 5) is 21.6. The molecule has 1 fully saturated rings. The fourth-order valence-corrected chi connectivity index (χ4v) is 0.896. The average Bonchev–Trinajstić information content (AvgIpc) is 2.54. The Morgan fingerprint density at radius 3 is 2.75 bits per heavy atom. The number of hydrogen-bond acceptors (Lipinski definition) is 5. The van der Waals surface area contributed by atoms with Crippen LogP contribution in [0.3, 0.4) is 0 Å². The van der Waals surface area contributed by atoms with Crippen molar-refractivity contribution >= 4 is 11.9 Å². The summed E-state index contributed by atoms with van der Waals surface area (Å²) >= 11 is 0. The van der Waals surface area contributed by atoms with Crippen LogP contribution in [0.25, 0.3) is 0 Å². The molecule has 64 valence electrons. The molecule has 2 heterocycles. The minimum Gasteiger partial charge on any atom is -0.425 e. The Labute approximate surface area is 67.9 Å². The van der Waals surface area contributed by atoms with Crippen LogP contribution in [0, 0.1) is 0 Å². The summed E-state index contributed by atoms with van der Waals surface area (Å²) in [5.41, 5.74) is 0. The Morgan fingerprint density at radius 1 is 1.33 bits per heavy atom. The van der Waals surface area contributed by atoms with Crippen LogP contribution in [0.5, 0.6) is 0 Å². The molecule has 0 radical (unpaired) electrons. The minimum atomic E-state index is -1.07. The standard InChI is InChI=1S/C7H6O5/c1-7-6(12-7)10-4(8)2-3-5(9)11-7/h2-3,6H,1H3/b3-2+. The first-order valence-corrected chi connectivity index (χ1v) is 3.40. The summed E-state index contributed by atoms with van der Waals surface area (Å²) < 4.78 is 14.3. The number of hydrogen-bond donors (Lipinski definition) is 0. The predicted octanol–water partition coefficient (Wildman–Crippen LogP) is -0.285. The number of carbonyl (C=O) groups excluding carboxylic acids is 2. The lowest BCUT2D eigenvalue weighted by molar-refractivity contribution is -0.155. The lowest BCUT2D eigenvalue weighted by Crippen LogP contribution is -2.23. The molecule has 5 heteroatoms. The van der Waals surface area contributed by atoms with Gasteiger partial charge in [-0.2, -0.15) is 0 Å². The highest BCUT2D eigenvalue weighted by Crippen LogP contribution is 2.39. The fraction of sp³-hybridized carbons (Fsp3) is 0.429. The third-order valence-electron chi connectivity index (χ3n) is 1.59. The Kier molecular flexibility index (Phi) is 1.26. The van der Waals surface area contributed by atoms with Gasteiger partial charge in [0.1, 0.15) is 0 Å². The van der Waals surface area contributed by atoms with Gasteiger partial charge in [0.25, 0.3) is 12.1 Å². The van der Waals surface area contributed by atoms with Crippen LogP contribution in [0.2, 0.25) is 0 Å². The van der Waals surface area contributed by atoms with Gasteiger partial charge in [0.15, 0.2) is 0 Å². The second-order valence-electron chi connectivity index (χ2n) is 2.66. The molecule has 2 aliphatic heterocycles. The molecule has 0 N–H and O–H groups in total. The second kappa shape index (κ2) is 2.07. The van der Waals surface area contributed by atoms with Crippen molar-refractivity contribution in [3.63, 3.8) is 0 Å². The van der Waals surface area contributed by atoms with E-state index in [-0.39, 0.29) is 0 Å². The van der Waals surface area contributed by atoms with Crippen molar-refractivity contribution < 1.29 is 23.8 Å². The predicted molar refractivity (Wildman–Crippen MR) is 34.6 cm³/mol. The third-order valence-corrected chi connectivity index (χ3v) is 1.59. The van der Waals surface area contributed by atoms with Crippen LogP contribution < -0.4 is 0 Å². The normalized spacial score (nSPS) is 41.6. The fourth-order valence-electron chi connectivity index (χ4n) is 0.896. The van der Waals surface area contributed by atoms with Crippen molar-refractivity contribution in [3.8, 4) is 0 Å². The van der Waals surface area contributed by atoms with Gasteiger partial charge in [0, 0.05) is 19.1 Å². The highest BCUT2D eigenvalue weighted by atomic mass is 16.9. The zero-order chi connectivity index (χ0) is 8.77. The Bertz CT molecular complexity index is 282. The zero-order valence-electron chi connectivity index (χ0n) is 6.27. The van der Waals surface area contributed by atoms with Gasteiger partial charge in [-0.15, -0.1) is 0 Å². The first-order chi connectivity index (χ1) is 5.60. The van der Waals surface area contributed by atoms with Crippen LogP contribution in [-0.2, 0) is 23.8 Å². The Hall–Kier alpha value is -1.36. The number of fused-ring (bicyclic) bond motifs is 1. The van der Waals surface area contributed by atoms with Gasteiger partial charge in [-0.3, -0.25) is 4.74 Å². The van der Waals surface area contributed by atoms with Crippen molar-refractivity contribution in [2.24, 2.45) is 0 Å². The second-order valence-corrected chi connectivity index (χ2v) is 2.66. The topological polar surface area (TPSA) is 65.1 Å². The van der Waals surface area contributed by atoms with Crippen molar-refractivity contribution in [1.29, 1.82) is 0 Å². The quantitative estimate of drug-likeness (QED) is 0.369. The van der Waals surface area contributed by atoms with E-state index in [9.17, 15) is 9.59 Å². The molecule has 12 heavy (non-hydrogen) atoms. The van der Waals surface area contributed by atoms with Crippen LogP contribution in [0.1, 0.15) is 6.92 Å². The maximum absolute atomic E-state index is 10.8.